The summed E-state index contributed by atoms with van der Waals surface area (Å²) in [5, 5.41) is 3.88. The average Bonchev–Trinajstić information content (AvgIpc) is 3.28. The lowest BCUT2D eigenvalue weighted by Gasteiger charge is -2.21. The van der Waals surface area contributed by atoms with Gasteiger partial charge in [0.15, 0.2) is 5.13 Å². The Morgan fingerprint density at radius 1 is 1.35 bits per heavy atom. The normalized spacial score (nSPS) is 13.7. The fourth-order valence-corrected chi connectivity index (χ4v) is 3.04. The monoisotopic (exact) mass is 349 g/mol. The van der Waals surface area contributed by atoms with Crippen LogP contribution < -0.4 is 5.32 Å². The molecule has 23 heavy (non-hydrogen) atoms. The lowest BCUT2D eigenvalue weighted by atomic mass is 10.2. The van der Waals surface area contributed by atoms with Gasteiger partial charge in [-0.1, -0.05) is 11.6 Å². The minimum absolute atomic E-state index is 0.0325. The summed E-state index contributed by atoms with van der Waals surface area (Å²) in [6, 6.07) is 6.86. The van der Waals surface area contributed by atoms with Gasteiger partial charge in [0.05, 0.1) is 0 Å². The first-order valence-electron chi connectivity index (χ1n) is 7.32. The van der Waals surface area contributed by atoms with E-state index in [1.807, 2.05) is 6.92 Å². The van der Waals surface area contributed by atoms with Crippen LogP contribution in [-0.2, 0) is 4.79 Å². The van der Waals surface area contributed by atoms with E-state index in [2.05, 4.69) is 10.3 Å². The van der Waals surface area contributed by atoms with E-state index < -0.39 is 0 Å². The highest BCUT2D eigenvalue weighted by molar-refractivity contribution is 7.15. The zero-order chi connectivity index (χ0) is 16.4. The largest absolute Gasteiger partial charge is 0.326 e. The maximum Gasteiger partial charge on any atom is 0.254 e. The molecule has 0 bridgehead atoms. The van der Waals surface area contributed by atoms with Crippen LogP contribution in [0.5, 0.6) is 0 Å². The summed E-state index contributed by atoms with van der Waals surface area (Å²) in [6.45, 7) is 1.96. The molecule has 0 aliphatic heterocycles. The molecule has 0 radical (unpaired) electrons. The van der Waals surface area contributed by atoms with Crippen LogP contribution in [0.15, 0.2) is 30.5 Å². The van der Waals surface area contributed by atoms with Gasteiger partial charge in [0.25, 0.3) is 5.91 Å². The number of carbonyl (C=O) groups excluding carboxylic acids is 2. The molecule has 0 atom stereocenters. The molecule has 1 aliphatic rings. The molecule has 7 heteroatoms. The van der Waals surface area contributed by atoms with Gasteiger partial charge >= 0.3 is 0 Å². The van der Waals surface area contributed by atoms with E-state index in [-0.39, 0.29) is 24.4 Å². The highest BCUT2D eigenvalue weighted by Gasteiger charge is 2.34. The third-order valence-corrected chi connectivity index (χ3v) is 4.60. The van der Waals surface area contributed by atoms with Crippen LogP contribution in [-0.4, -0.2) is 34.3 Å². The number of benzene rings is 1. The van der Waals surface area contributed by atoms with Crippen molar-refractivity contribution >= 4 is 39.9 Å². The molecule has 1 N–H and O–H groups in total. The fraction of sp³-hybridized carbons (Fsp3) is 0.312. The van der Waals surface area contributed by atoms with Crippen molar-refractivity contribution in [2.24, 2.45) is 0 Å². The van der Waals surface area contributed by atoms with Crippen molar-refractivity contribution in [1.82, 2.24) is 9.88 Å². The minimum Gasteiger partial charge on any atom is -0.326 e. The third kappa shape index (κ3) is 4.09. The number of carbonyl (C=O) groups is 2. The van der Waals surface area contributed by atoms with E-state index in [9.17, 15) is 9.59 Å². The van der Waals surface area contributed by atoms with Crippen LogP contribution in [0.1, 0.15) is 28.1 Å². The summed E-state index contributed by atoms with van der Waals surface area (Å²) < 4.78 is 0. The zero-order valence-corrected chi connectivity index (χ0v) is 14.2. The molecule has 0 unspecified atom stereocenters. The zero-order valence-electron chi connectivity index (χ0n) is 12.6. The Hall–Kier alpha value is -1.92. The molecule has 3 rings (SSSR count). The smallest absolute Gasteiger partial charge is 0.254 e. The van der Waals surface area contributed by atoms with Gasteiger partial charge in [0.2, 0.25) is 5.91 Å². The first-order valence-corrected chi connectivity index (χ1v) is 8.51. The predicted octanol–water partition coefficient (Wildman–Crippen LogP) is 3.35. The number of aryl methyl sites for hydroxylation is 1. The van der Waals surface area contributed by atoms with Crippen molar-refractivity contribution in [3.05, 3.63) is 45.9 Å². The Bertz CT molecular complexity index is 725. The van der Waals surface area contributed by atoms with Crippen molar-refractivity contribution in [3.63, 3.8) is 0 Å². The number of nitrogens with one attached hydrogen (secondary N) is 1. The van der Waals surface area contributed by atoms with Crippen LogP contribution >= 0.6 is 22.9 Å². The van der Waals surface area contributed by atoms with Crippen molar-refractivity contribution in [2.45, 2.75) is 25.8 Å². The number of anilines is 1. The second kappa shape index (κ2) is 6.68. The Kier molecular flexibility index (Phi) is 4.63. The lowest BCUT2D eigenvalue weighted by molar-refractivity contribution is -0.117. The average molecular weight is 350 g/mol. The van der Waals surface area contributed by atoms with Crippen LogP contribution in [0.25, 0.3) is 0 Å². The Balaban J connectivity index is 1.68. The molecule has 120 valence electrons. The van der Waals surface area contributed by atoms with E-state index in [4.69, 9.17) is 11.6 Å². The molecule has 1 aliphatic carbocycles. The molecule has 1 heterocycles. The number of nitrogens with zero attached hydrogens (tertiary/aromatic N) is 2. The van der Waals surface area contributed by atoms with E-state index >= 15 is 0 Å². The quantitative estimate of drug-likeness (QED) is 0.900. The number of rotatable bonds is 5. The number of hydrogen-bond donors (Lipinski definition) is 1. The van der Waals surface area contributed by atoms with Crippen molar-refractivity contribution < 1.29 is 9.59 Å². The highest BCUT2D eigenvalue weighted by atomic mass is 35.5. The molecule has 0 saturated heterocycles. The first-order chi connectivity index (χ1) is 11.0. The molecule has 1 fully saturated rings. The molecule has 1 saturated carbocycles. The predicted molar refractivity (Wildman–Crippen MR) is 91.0 cm³/mol. The van der Waals surface area contributed by atoms with Crippen molar-refractivity contribution in [3.8, 4) is 0 Å². The standard InChI is InChI=1S/C16H16ClN3O2S/c1-10-8-18-16(23-10)19-14(21)9-20(13-6-7-13)15(22)11-2-4-12(17)5-3-11/h2-5,8,13H,6-7,9H2,1H3,(H,18,19,21). The number of amides is 2. The fourth-order valence-electron chi connectivity index (χ4n) is 2.24. The van der Waals surface area contributed by atoms with Crippen molar-refractivity contribution in [1.29, 1.82) is 0 Å². The van der Waals surface area contributed by atoms with Gasteiger partial charge in [-0.05, 0) is 44.0 Å². The van der Waals surface area contributed by atoms with Crippen LogP contribution in [0.4, 0.5) is 5.13 Å². The number of hydrogen-bond acceptors (Lipinski definition) is 4. The molecule has 2 amide bonds. The maximum absolute atomic E-state index is 12.6. The van der Waals surface area contributed by atoms with Gasteiger partial charge < -0.3 is 10.2 Å². The van der Waals surface area contributed by atoms with Gasteiger partial charge in [0.1, 0.15) is 6.54 Å². The highest BCUT2D eigenvalue weighted by Crippen LogP contribution is 2.28. The number of halogens is 1. The van der Waals surface area contributed by atoms with Gasteiger partial charge in [-0.15, -0.1) is 11.3 Å². The lowest BCUT2D eigenvalue weighted by Crippen LogP contribution is -2.39. The first kappa shape index (κ1) is 16.0. The van der Waals surface area contributed by atoms with Gasteiger partial charge in [0, 0.05) is 27.7 Å². The van der Waals surface area contributed by atoms with Gasteiger partial charge in [-0.3, -0.25) is 9.59 Å². The second-order valence-corrected chi connectivity index (χ2v) is 7.17. The molecular weight excluding hydrogens is 334 g/mol. The van der Waals surface area contributed by atoms with Crippen LogP contribution in [0.3, 0.4) is 0 Å². The Morgan fingerprint density at radius 2 is 2.04 bits per heavy atom. The summed E-state index contributed by atoms with van der Waals surface area (Å²) in [6.07, 6.45) is 3.57. The molecule has 1 aromatic carbocycles. The molecule has 5 nitrogen and oxygen atoms in total. The molecular formula is C16H16ClN3O2S. The minimum atomic E-state index is -0.228. The Morgan fingerprint density at radius 3 is 2.61 bits per heavy atom. The second-order valence-electron chi connectivity index (χ2n) is 5.50. The molecule has 1 aromatic heterocycles. The summed E-state index contributed by atoms with van der Waals surface area (Å²) in [7, 11) is 0. The van der Waals surface area contributed by atoms with E-state index in [1.165, 1.54) is 11.3 Å². The van der Waals surface area contributed by atoms with Crippen molar-refractivity contribution in [2.75, 3.05) is 11.9 Å². The third-order valence-electron chi connectivity index (χ3n) is 3.52. The van der Waals surface area contributed by atoms with Crippen LogP contribution in [0, 0.1) is 6.92 Å². The van der Waals surface area contributed by atoms with Crippen LogP contribution in [0.2, 0.25) is 5.02 Å². The summed E-state index contributed by atoms with van der Waals surface area (Å²) >= 11 is 7.26. The number of aromatic nitrogens is 1. The topological polar surface area (TPSA) is 62.3 Å². The van der Waals surface area contributed by atoms with Gasteiger partial charge in [-0.2, -0.15) is 0 Å². The maximum atomic E-state index is 12.6. The van der Waals surface area contributed by atoms with E-state index in [0.717, 1.165) is 17.7 Å². The van der Waals surface area contributed by atoms with E-state index in [1.54, 1.807) is 35.4 Å². The SMILES string of the molecule is Cc1cnc(NC(=O)CN(C(=O)c2ccc(Cl)cc2)C2CC2)s1. The summed E-state index contributed by atoms with van der Waals surface area (Å²) in [5.74, 6) is -0.372. The Labute approximate surface area is 143 Å². The molecule has 0 spiro atoms. The van der Waals surface area contributed by atoms with E-state index in [0.29, 0.717) is 15.7 Å². The molecule has 2 aromatic rings. The van der Waals surface area contributed by atoms with Gasteiger partial charge in [-0.25, -0.2) is 4.98 Å². The summed E-state index contributed by atoms with van der Waals surface area (Å²) in [4.78, 5) is 31.6. The number of thiazole rings is 1. The summed E-state index contributed by atoms with van der Waals surface area (Å²) in [5.41, 5.74) is 0.541.